The summed E-state index contributed by atoms with van der Waals surface area (Å²) < 4.78 is 8.50. The summed E-state index contributed by atoms with van der Waals surface area (Å²) in [6.45, 7) is 0. The third-order valence-electron chi connectivity index (χ3n) is 11.3. The van der Waals surface area contributed by atoms with Gasteiger partial charge in [0.1, 0.15) is 11.4 Å². The molecule has 0 radical (unpaired) electrons. The molecule has 0 saturated heterocycles. The van der Waals surface area contributed by atoms with Gasteiger partial charge >= 0.3 is 0 Å². The Balaban J connectivity index is 1.16. The maximum atomic E-state index is 6.24. The molecule has 0 N–H and O–H groups in total. The number of benzene rings is 7. The van der Waals surface area contributed by atoms with Crippen molar-refractivity contribution in [2.45, 2.75) is 5.41 Å². The van der Waals surface area contributed by atoms with E-state index in [0.717, 1.165) is 55.6 Å². The maximum Gasteiger partial charge on any atom is 0.227 e. The standard InChI is InChI=1S/C52H34N4O/c1-4-16-36(17-5-1)52(37-18-6-2-7-19-37,38-20-8-3-9-21-38)39-31-29-35(30-32-39)50-54-44(42-24-14-28-47-49(42)43-25-15-33-53-51(43)57-47)34-48(55-50)56-45-26-12-10-22-40(45)41-23-11-13-27-46(41)56/h1-34H. The van der Waals surface area contributed by atoms with E-state index < -0.39 is 5.41 Å². The normalized spacial score (nSPS) is 11.9. The Morgan fingerprint density at radius 2 is 1.00 bits per heavy atom. The van der Waals surface area contributed by atoms with E-state index in [-0.39, 0.29) is 0 Å². The second-order valence-corrected chi connectivity index (χ2v) is 14.4. The molecule has 0 aliphatic rings. The zero-order valence-corrected chi connectivity index (χ0v) is 30.8. The lowest BCUT2D eigenvalue weighted by molar-refractivity contribution is 0.654. The number of nitrogens with zero attached hydrogens (tertiary/aromatic N) is 4. The minimum absolute atomic E-state index is 0.564. The minimum Gasteiger partial charge on any atom is -0.438 e. The molecular formula is C52H34N4O. The first-order valence-electron chi connectivity index (χ1n) is 19.2. The number of hydrogen-bond donors (Lipinski definition) is 0. The third-order valence-corrected chi connectivity index (χ3v) is 11.3. The first kappa shape index (κ1) is 32.8. The van der Waals surface area contributed by atoms with Crippen LogP contribution in [-0.4, -0.2) is 19.5 Å². The number of rotatable bonds is 7. The van der Waals surface area contributed by atoms with Crippen LogP contribution in [0.25, 0.3) is 72.3 Å². The highest BCUT2D eigenvalue weighted by molar-refractivity contribution is 6.12. The molecule has 0 fully saturated rings. The Hall–Kier alpha value is -7.63. The molecule has 0 aliphatic heterocycles. The van der Waals surface area contributed by atoms with E-state index in [9.17, 15) is 0 Å². The highest BCUT2D eigenvalue weighted by atomic mass is 16.3. The summed E-state index contributed by atoms with van der Waals surface area (Å²) in [6, 6.07) is 70.5. The summed E-state index contributed by atoms with van der Waals surface area (Å²) in [6.07, 6.45) is 1.76. The topological polar surface area (TPSA) is 56.7 Å². The van der Waals surface area contributed by atoms with E-state index in [1.165, 1.54) is 27.5 Å². The Kier molecular flexibility index (Phi) is 7.64. The van der Waals surface area contributed by atoms with E-state index in [0.29, 0.717) is 11.5 Å². The van der Waals surface area contributed by atoms with Gasteiger partial charge in [-0.05, 0) is 52.6 Å². The molecule has 4 aromatic heterocycles. The van der Waals surface area contributed by atoms with Gasteiger partial charge in [-0.1, -0.05) is 164 Å². The summed E-state index contributed by atoms with van der Waals surface area (Å²) in [5.41, 5.74) is 10.4. The fourth-order valence-corrected chi connectivity index (χ4v) is 8.79. The summed E-state index contributed by atoms with van der Waals surface area (Å²) in [4.78, 5) is 15.3. The van der Waals surface area contributed by atoms with Crippen molar-refractivity contribution in [1.82, 2.24) is 19.5 Å². The Morgan fingerprint density at radius 1 is 0.456 bits per heavy atom. The van der Waals surface area contributed by atoms with Crippen molar-refractivity contribution in [3.63, 3.8) is 0 Å². The molecule has 0 bridgehead atoms. The molecule has 0 atom stereocenters. The summed E-state index contributed by atoms with van der Waals surface area (Å²) in [5.74, 6) is 1.41. The van der Waals surface area contributed by atoms with Crippen LogP contribution in [0.3, 0.4) is 0 Å². The zero-order valence-electron chi connectivity index (χ0n) is 30.8. The van der Waals surface area contributed by atoms with E-state index in [1.54, 1.807) is 6.20 Å². The Bertz CT molecular complexity index is 3070. The molecule has 0 amide bonds. The average Bonchev–Trinajstić information content (AvgIpc) is 3.84. The van der Waals surface area contributed by atoms with Gasteiger partial charge < -0.3 is 4.42 Å². The van der Waals surface area contributed by atoms with Crippen molar-refractivity contribution in [3.8, 4) is 28.5 Å². The smallest absolute Gasteiger partial charge is 0.227 e. The van der Waals surface area contributed by atoms with E-state index in [1.807, 2.05) is 18.2 Å². The number of hydrogen-bond acceptors (Lipinski definition) is 4. The molecule has 0 spiro atoms. The minimum atomic E-state index is -0.564. The summed E-state index contributed by atoms with van der Waals surface area (Å²) in [7, 11) is 0. The number of pyridine rings is 1. The lowest BCUT2D eigenvalue weighted by Crippen LogP contribution is -2.30. The zero-order chi connectivity index (χ0) is 37.8. The van der Waals surface area contributed by atoms with Gasteiger partial charge in [-0.3, -0.25) is 4.57 Å². The molecule has 0 unspecified atom stereocenters. The molecule has 5 heteroatoms. The third kappa shape index (κ3) is 5.20. The molecule has 0 aliphatic carbocycles. The molecule has 0 saturated carbocycles. The first-order valence-corrected chi connectivity index (χ1v) is 19.2. The number of para-hydroxylation sites is 2. The Morgan fingerprint density at radius 3 is 1.61 bits per heavy atom. The van der Waals surface area contributed by atoms with Gasteiger partial charge in [0.05, 0.1) is 22.1 Å². The van der Waals surface area contributed by atoms with Crippen LogP contribution in [0.5, 0.6) is 0 Å². The van der Waals surface area contributed by atoms with Crippen molar-refractivity contribution < 1.29 is 4.42 Å². The first-order chi connectivity index (χ1) is 28.3. The SMILES string of the molecule is c1ccc(C(c2ccccc2)(c2ccccc2)c2ccc(-c3nc(-c4cccc5oc6ncccc6c45)cc(-n4c5ccccc5c5ccccc54)n3)cc2)cc1. The largest absolute Gasteiger partial charge is 0.438 e. The van der Waals surface area contributed by atoms with Crippen molar-refractivity contribution in [3.05, 3.63) is 229 Å². The monoisotopic (exact) mass is 730 g/mol. The molecule has 11 aromatic rings. The van der Waals surface area contributed by atoms with Crippen LogP contribution in [0.15, 0.2) is 211 Å². The van der Waals surface area contributed by atoms with Crippen LogP contribution in [0.4, 0.5) is 0 Å². The number of fused-ring (bicyclic) bond motifs is 6. The molecule has 4 heterocycles. The summed E-state index contributed by atoms with van der Waals surface area (Å²) in [5, 5.41) is 4.27. The molecule has 11 rings (SSSR count). The lowest BCUT2D eigenvalue weighted by Gasteiger charge is -2.37. The average molecular weight is 731 g/mol. The second-order valence-electron chi connectivity index (χ2n) is 14.4. The van der Waals surface area contributed by atoms with Crippen molar-refractivity contribution in [1.29, 1.82) is 0 Å². The van der Waals surface area contributed by atoms with Gasteiger partial charge in [0.15, 0.2) is 5.82 Å². The molecule has 57 heavy (non-hydrogen) atoms. The molecule has 7 aromatic carbocycles. The van der Waals surface area contributed by atoms with Gasteiger partial charge in [-0.15, -0.1) is 0 Å². The van der Waals surface area contributed by atoms with Gasteiger partial charge in [0.25, 0.3) is 0 Å². The van der Waals surface area contributed by atoms with Gasteiger partial charge in [-0.25, -0.2) is 15.0 Å². The van der Waals surface area contributed by atoms with E-state index in [2.05, 4.69) is 192 Å². The van der Waals surface area contributed by atoms with Crippen LogP contribution in [-0.2, 0) is 5.41 Å². The molecular weight excluding hydrogens is 697 g/mol. The predicted octanol–water partition coefficient (Wildman–Crippen LogP) is 12.6. The van der Waals surface area contributed by atoms with Gasteiger partial charge in [-0.2, -0.15) is 0 Å². The van der Waals surface area contributed by atoms with Crippen LogP contribution < -0.4 is 0 Å². The van der Waals surface area contributed by atoms with Crippen molar-refractivity contribution >= 4 is 43.9 Å². The fourth-order valence-electron chi connectivity index (χ4n) is 8.79. The van der Waals surface area contributed by atoms with Crippen LogP contribution in [0, 0.1) is 0 Å². The molecule has 268 valence electrons. The number of furan rings is 1. The maximum absolute atomic E-state index is 6.24. The van der Waals surface area contributed by atoms with Crippen LogP contribution in [0.1, 0.15) is 22.3 Å². The van der Waals surface area contributed by atoms with Crippen LogP contribution >= 0.6 is 0 Å². The van der Waals surface area contributed by atoms with Crippen molar-refractivity contribution in [2.75, 3.05) is 0 Å². The highest BCUT2D eigenvalue weighted by Gasteiger charge is 2.38. The quantitative estimate of drug-likeness (QED) is 0.153. The highest BCUT2D eigenvalue weighted by Crippen LogP contribution is 2.46. The van der Waals surface area contributed by atoms with E-state index in [4.69, 9.17) is 14.4 Å². The molecule has 5 nitrogen and oxygen atoms in total. The van der Waals surface area contributed by atoms with Gasteiger partial charge in [0.2, 0.25) is 5.71 Å². The van der Waals surface area contributed by atoms with Crippen LogP contribution in [0.2, 0.25) is 0 Å². The summed E-state index contributed by atoms with van der Waals surface area (Å²) >= 11 is 0. The van der Waals surface area contributed by atoms with E-state index >= 15 is 0 Å². The predicted molar refractivity (Wildman–Crippen MR) is 231 cm³/mol. The number of aromatic nitrogens is 4. The fraction of sp³-hybridized carbons (Fsp3) is 0.0192. The second kappa shape index (κ2) is 13.3. The lowest BCUT2D eigenvalue weighted by atomic mass is 9.65. The van der Waals surface area contributed by atoms with Gasteiger partial charge in [0, 0.05) is 44.9 Å². The Labute approximate surface area is 329 Å². The van der Waals surface area contributed by atoms with Crippen molar-refractivity contribution in [2.24, 2.45) is 0 Å².